The Balaban J connectivity index is 1.42. The molecule has 1 saturated heterocycles. The molecule has 0 radical (unpaired) electrons. The molecule has 0 aliphatic carbocycles. The second kappa shape index (κ2) is 12.6. The average molecular weight is 606 g/mol. The predicted octanol–water partition coefficient (Wildman–Crippen LogP) is 4.19. The van der Waals surface area contributed by atoms with Crippen LogP contribution in [0.4, 0.5) is 8.78 Å². The van der Waals surface area contributed by atoms with Gasteiger partial charge in [0.1, 0.15) is 16.5 Å². The summed E-state index contributed by atoms with van der Waals surface area (Å²) >= 11 is 6.13. The van der Waals surface area contributed by atoms with Crippen LogP contribution in [0.2, 0.25) is 5.02 Å². The number of carbonyl (C=O) groups is 2. The number of Topliss-reactive ketones (excluding diaryl/α,β-unsaturated/α-hetero) is 1. The van der Waals surface area contributed by atoms with E-state index >= 15 is 0 Å². The number of sulfonamides is 1. The van der Waals surface area contributed by atoms with Gasteiger partial charge in [0.2, 0.25) is 10.0 Å². The predicted molar refractivity (Wildman–Crippen MR) is 150 cm³/mol. The highest BCUT2D eigenvalue weighted by molar-refractivity contribution is 7.89. The molecular weight excluding hydrogens is 576 g/mol. The number of primary sulfonamides is 1. The first-order valence-corrected chi connectivity index (χ1v) is 14.8. The quantitative estimate of drug-likeness (QED) is 0.366. The maximum atomic E-state index is 14.8. The molecule has 2 atom stereocenters. The Bertz CT molecular complexity index is 1550. The van der Waals surface area contributed by atoms with Gasteiger partial charge in [0.15, 0.2) is 18.2 Å². The Kier molecular flexibility index (Phi) is 9.43. The second-order valence-electron chi connectivity index (χ2n) is 10.1. The van der Waals surface area contributed by atoms with E-state index in [9.17, 15) is 26.8 Å². The topological polar surface area (TPSA) is 110 Å². The lowest BCUT2D eigenvalue weighted by Gasteiger charge is -2.44. The summed E-state index contributed by atoms with van der Waals surface area (Å²) in [6.07, 6.45) is -0.357. The van der Waals surface area contributed by atoms with Crippen molar-refractivity contribution in [2.75, 3.05) is 19.7 Å². The number of amides is 1. The summed E-state index contributed by atoms with van der Waals surface area (Å²) in [5.41, 5.74) is 0.843. The number of nitrogens with two attached hydrogens (primary N) is 1. The van der Waals surface area contributed by atoms with Crippen molar-refractivity contribution in [1.29, 1.82) is 0 Å². The van der Waals surface area contributed by atoms with E-state index in [1.807, 2.05) is 13.8 Å². The Labute approximate surface area is 242 Å². The third-order valence-corrected chi connectivity index (χ3v) is 8.19. The van der Waals surface area contributed by atoms with Crippen molar-refractivity contribution >= 4 is 33.3 Å². The average Bonchev–Trinajstić information content (AvgIpc) is 2.90. The molecule has 0 saturated carbocycles. The Morgan fingerprint density at radius 2 is 1.73 bits per heavy atom. The molecule has 8 nitrogen and oxygen atoms in total. The zero-order valence-corrected chi connectivity index (χ0v) is 24.1. The van der Waals surface area contributed by atoms with E-state index in [-0.39, 0.29) is 42.6 Å². The lowest BCUT2D eigenvalue weighted by molar-refractivity contribution is -0.139. The SMILES string of the molecule is C[C@@H]1CN(Cc2ccc(F)cc2)[C@@H](C)CN1C(=O)COc1ccc(Cl)cc1CC(=O)c1cccc(S(N)(=O)=O)c1F. The first kappa shape index (κ1) is 30.6. The first-order chi connectivity index (χ1) is 19.3. The van der Waals surface area contributed by atoms with Crippen LogP contribution in [0.1, 0.15) is 35.3 Å². The largest absolute Gasteiger partial charge is 0.483 e. The van der Waals surface area contributed by atoms with Crippen LogP contribution < -0.4 is 9.88 Å². The third kappa shape index (κ3) is 7.48. The Morgan fingerprint density at radius 3 is 2.41 bits per heavy atom. The Morgan fingerprint density at radius 1 is 1.02 bits per heavy atom. The number of hydrogen-bond acceptors (Lipinski definition) is 6. The van der Waals surface area contributed by atoms with Crippen molar-refractivity contribution < 1.29 is 31.5 Å². The molecule has 218 valence electrons. The zero-order chi connectivity index (χ0) is 29.9. The number of rotatable bonds is 9. The van der Waals surface area contributed by atoms with Gasteiger partial charge >= 0.3 is 0 Å². The second-order valence-corrected chi connectivity index (χ2v) is 12.1. The molecule has 0 bridgehead atoms. The van der Waals surface area contributed by atoms with Crippen molar-refractivity contribution in [2.45, 2.75) is 43.8 Å². The number of hydrogen-bond donors (Lipinski definition) is 1. The van der Waals surface area contributed by atoms with E-state index in [0.29, 0.717) is 30.2 Å². The molecule has 0 aromatic heterocycles. The molecule has 41 heavy (non-hydrogen) atoms. The molecule has 0 unspecified atom stereocenters. The van der Waals surface area contributed by atoms with Crippen molar-refractivity contribution in [3.05, 3.63) is 94.0 Å². The fourth-order valence-corrected chi connectivity index (χ4v) is 5.68. The van der Waals surface area contributed by atoms with E-state index in [1.165, 1.54) is 42.5 Å². The van der Waals surface area contributed by atoms with Gasteiger partial charge in [-0.25, -0.2) is 22.3 Å². The summed E-state index contributed by atoms with van der Waals surface area (Å²) in [6.45, 7) is 5.38. The molecule has 1 amide bonds. The summed E-state index contributed by atoms with van der Waals surface area (Å²) < 4.78 is 57.2. The maximum Gasteiger partial charge on any atom is 0.260 e. The number of piperazine rings is 1. The minimum atomic E-state index is -4.37. The van der Waals surface area contributed by atoms with E-state index in [0.717, 1.165) is 11.6 Å². The summed E-state index contributed by atoms with van der Waals surface area (Å²) in [6, 6.07) is 14.2. The number of benzene rings is 3. The van der Waals surface area contributed by atoms with Gasteiger partial charge in [-0.1, -0.05) is 29.8 Å². The van der Waals surface area contributed by atoms with Gasteiger partial charge in [-0.2, -0.15) is 0 Å². The van der Waals surface area contributed by atoms with Crippen LogP contribution >= 0.6 is 11.6 Å². The van der Waals surface area contributed by atoms with E-state index in [2.05, 4.69) is 4.90 Å². The minimum absolute atomic E-state index is 0.0481. The lowest BCUT2D eigenvalue weighted by Crippen LogP contribution is -2.58. The van der Waals surface area contributed by atoms with Crippen LogP contribution in [-0.2, 0) is 27.8 Å². The van der Waals surface area contributed by atoms with Crippen LogP contribution in [0.3, 0.4) is 0 Å². The van der Waals surface area contributed by atoms with Crippen molar-refractivity contribution in [3.63, 3.8) is 0 Å². The number of halogens is 3. The van der Waals surface area contributed by atoms with Gasteiger partial charge in [-0.15, -0.1) is 0 Å². The van der Waals surface area contributed by atoms with E-state index in [1.54, 1.807) is 17.0 Å². The third-order valence-electron chi connectivity index (χ3n) is 7.03. The molecule has 3 aromatic carbocycles. The van der Waals surface area contributed by atoms with Crippen molar-refractivity contribution in [2.24, 2.45) is 5.14 Å². The standard InChI is InChI=1S/C29H30ClF2N3O5S/c1-18-15-35(19(2)14-34(18)16-20-6-9-23(31)10-7-20)28(37)17-40-26-11-8-22(30)12-21(26)13-25(36)24-4-3-5-27(29(24)32)41(33,38)39/h3-12,18-19H,13-17H2,1-2H3,(H2,33,38,39)/t18-,19+/m0/s1. The van der Waals surface area contributed by atoms with Gasteiger partial charge < -0.3 is 9.64 Å². The first-order valence-electron chi connectivity index (χ1n) is 12.9. The highest BCUT2D eigenvalue weighted by atomic mass is 35.5. The van der Waals surface area contributed by atoms with Crippen molar-refractivity contribution in [3.8, 4) is 5.75 Å². The number of nitrogens with zero attached hydrogens (tertiary/aromatic N) is 2. The fourth-order valence-electron chi connectivity index (χ4n) is 4.85. The molecule has 12 heteroatoms. The smallest absolute Gasteiger partial charge is 0.260 e. The molecule has 1 fully saturated rings. The molecule has 2 N–H and O–H groups in total. The molecule has 1 heterocycles. The van der Waals surface area contributed by atoms with Gasteiger partial charge in [0.25, 0.3) is 5.91 Å². The normalized spacial score (nSPS) is 17.9. The lowest BCUT2D eigenvalue weighted by atomic mass is 10.0. The van der Waals surface area contributed by atoms with Gasteiger partial charge in [0, 0.05) is 48.7 Å². The van der Waals surface area contributed by atoms with Gasteiger partial charge in [0.05, 0.1) is 5.56 Å². The summed E-state index contributed by atoms with van der Waals surface area (Å²) in [4.78, 5) is 29.3. The van der Waals surface area contributed by atoms with Crippen LogP contribution in [0.5, 0.6) is 5.75 Å². The van der Waals surface area contributed by atoms with Crippen LogP contribution in [0.25, 0.3) is 0 Å². The van der Waals surface area contributed by atoms with Crippen LogP contribution in [0.15, 0.2) is 65.6 Å². The Hall–Kier alpha value is -3.38. The van der Waals surface area contributed by atoms with Crippen LogP contribution in [0, 0.1) is 11.6 Å². The van der Waals surface area contributed by atoms with Crippen LogP contribution in [-0.4, -0.2) is 61.7 Å². The summed E-state index contributed by atoms with van der Waals surface area (Å²) in [7, 11) is -4.37. The van der Waals surface area contributed by atoms with Gasteiger partial charge in [-0.05, 0) is 61.9 Å². The molecule has 1 aliphatic rings. The van der Waals surface area contributed by atoms with Crippen molar-refractivity contribution in [1.82, 2.24) is 9.80 Å². The fraction of sp³-hybridized carbons (Fsp3) is 0.310. The summed E-state index contributed by atoms with van der Waals surface area (Å²) in [5, 5.41) is 5.35. The monoisotopic (exact) mass is 605 g/mol. The minimum Gasteiger partial charge on any atom is -0.483 e. The molecule has 4 rings (SSSR count). The van der Waals surface area contributed by atoms with Gasteiger partial charge in [-0.3, -0.25) is 14.5 Å². The molecule has 0 spiro atoms. The zero-order valence-electron chi connectivity index (χ0n) is 22.5. The highest BCUT2D eigenvalue weighted by Crippen LogP contribution is 2.27. The highest BCUT2D eigenvalue weighted by Gasteiger charge is 2.32. The maximum absolute atomic E-state index is 14.8. The molecule has 1 aliphatic heterocycles. The summed E-state index contributed by atoms with van der Waals surface area (Å²) in [5.74, 6) is -2.27. The van der Waals surface area contributed by atoms with E-state index < -0.39 is 32.1 Å². The van der Waals surface area contributed by atoms with E-state index in [4.69, 9.17) is 21.5 Å². The number of ether oxygens (including phenoxy) is 1. The number of carbonyl (C=O) groups excluding carboxylic acids is 2. The molecular formula is C29H30ClF2N3O5S. The molecule has 3 aromatic rings. The number of ketones is 1.